The lowest BCUT2D eigenvalue weighted by Crippen LogP contribution is -2.09. The zero-order chi connectivity index (χ0) is 15.7. The maximum absolute atomic E-state index is 12.6. The number of aromatic nitrogens is 1. The van der Waals surface area contributed by atoms with Crippen molar-refractivity contribution in [2.24, 2.45) is 0 Å². The first kappa shape index (κ1) is 16.4. The Kier molecular flexibility index (Phi) is 4.99. The van der Waals surface area contributed by atoms with Gasteiger partial charge in [-0.25, -0.2) is 0 Å². The summed E-state index contributed by atoms with van der Waals surface area (Å²) in [7, 11) is 0. The van der Waals surface area contributed by atoms with Crippen LogP contribution in [-0.2, 0) is 4.79 Å². The molecule has 0 aliphatic rings. The molecule has 0 aliphatic heterocycles. The minimum Gasteiger partial charge on any atom is -0.426 e. The van der Waals surface area contributed by atoms with Gasteiger partial charge in [0.1, 0.15) is 16.6 Å². The predicted octanol–water partition coefficient (Wildman–Crippen LogP) is 4.89. The highest BCUT2D eigenvalue weighted by Gasteiger charge is 2.23. The normalized spacial score (nSPS) is 10.5. The Morgan fingerprint density at radius 2 is 1.90 bits per heavy atom. The monoisotopic (exact) mass is 409 g/mol. The van der Waals surface area contributed by atoms with Crippen molar-refractivity contribution in [1.29, 1.82) is 0 Å². The van der Waals surface area contributed by atoms with Crippen LogP contribution in [0.25, 0.3) is 0 Å². The average molecular weight is 411 g/mol. The van der Waals surface area contributed by atoms with E-state index in [1.54, 1.807) is 0 Å². The number of ether oxygens (including phenoxy) is 1. The fourth-order valence-corrected chi connectivity index (χ4v) is 2.73. The number of rotatable bonds is 3. The summed E-state index contributed by atoms with van der Waals surface area (Å²) in [6.45, 7) is 1.24. The molecule has 110 valence electrons. The van der Waals surface area contributed by atoms with E-state index in [1.165, 1.54) is 25.1 Å². The van der Waals surface area contributed by atoms with Crippen LogP contribution in [0.5, 0.6) is 5.75 Å². The van der Waals surface area contributed by atoms with E-state index in [4.69, 9.17) is 39.5 Å². The summed E-state index contributed by atoms with van der Waals surface area (Å²) in [5.41, 5.74) is 0.258. The molecule has 8 heteroatoms. The van der Waals surface area contributed by atoms with Crippen molar-refractivity contribution in [3.05, 3.63) is 49.1 Å². The molecular formula is C13H7BrCl3NO3. The maximum atomic E-state index is 12.6. The summed E-state index contributed by atoms with van der Waals surface area (Å²) in [6.07, 6.45) is 0. The lowest BCUT2D eigenvalue weighted by Gasteiger charge is -2.08. The molecule has 4 nitrogen and oxygen atoms in total. The van der Waals surface area contributed by atoms with Crippen LogP contribution in [0.15, 0.2) is 22.7 Å². The summed E-state index contributed by atoms with van der Waals surface area (Å²) in [4.78, 5) is 26.3. The van der Waals surface area contributed by atoms with Gasteiger partial charge in [0.15, 0.2) is 0 Å². The Labute approximate surface area is 143 Å². The summed E-state index contributed by atoms with van der Waals surface area (Å²) in [5.74, 6) is -0.909. The van der Waals surface area contributed by atoms with Crippen LogP contribution < -0.4 is 4.74 Å². The average Bonchev–Trinajstić information content (AvgIpc) is 2.67. The molecule has 0 aliphatic carbocycles. The zero-order valence-electron chi connectivity index (χ0n) is 10.5. The molecule has 0 spiro atoms. The van der Waals surface area contributed by atoms with Gasteiger partial charge in [0, 0.05) is 11.9 Å². The minimum atomic E-state index is -0.548. The van der Waals surface area contributed by atoms with Gasteiger partial charge in [0.05, 0.1) is 15.1 Å². The smallest absolute Gasteiger partial charge is 0.308 e. The van der Waals surface area contributed by atoms with Crippen LogP contribution in [-0.4, -0.2) is 16.7 Å². The summed E-state index contributed by atoms with van der Waals surface area (Å²) in [5, 5.41) is 0.646. The highest BCUT2D eigenvalue weighted by Crippen LogP contribution is 2.35. The minimum absolute atomic E-state index is 0.102. The molecule has 0 bridgehead atoms. The molecule has 1 heterocycles. The van der Waals surface area contributed by atoms with Gasteiger partial charge in [-0.15, -0.1) is 0 Å². The van der Waals surface area contributed by atoms with Crippen molar-refractivity contribution < 1.29 is 14.3 Å². The molecule has 0 saturated carbocycles. The van der Waals surface area contributed by atoms with E-state index in [9.17, 15) is 9.59 Å². The fraction of sp³-hybridized carbons (Fsp3) is 0.0769. The van der Waals surface area contributed by atoms with E-state index < -0.39 is 11.8 Å². The largest absolute Gasteiger partial charge is 0.426 e. The zero-order valence-corrected chi connectivity index (χ0v) is 14.3. The van der Waals surface area contributed by atoms with Crippen LogP contribution >= 0.6 is 50.7 Å². The number of aromatic amines is 1. The second kappa shape index (κ2) is 6.40. The van der Waals surface area contributed by atoms with E-state index in [-0.39, 0.29) is 27.2 Å². The number of benzene rings is 1. The van der Waals surface area contributed by atoms with Gasteiger partial charge < -0.3 is 9.72 Å². The number of esters is 1. The Bertz CT molecular complexity index is 743. The third-order valence-electron chi connectivity index (χ3n) is 2.51. The van der Waals surface area contributed by atoms with Gasteiger partial charge in [-0.05, 0) is 34.1 Å². The van der Waals surface area contributed by atoms with E-state index in [2.05, 4.69) is 20.9 Å². The molecule has 1 N–H and O–H groups in total. The Balaban J connectivity index is 2.54. The number of hydrogen-bond acceptors (Lipinski definition) is 3. The van der Waals surface area contributed by atoms with Gasteiger partial charge >= 0.3 is 5.97 Å². The molecule has 21 heavy (non-hydrogen) atoms. The third kappa shape index (κ3) is 3.43. The van der Waals surface area contributed by atoms with Gasteiger partial charge in [-0.1, -0.05) is 34.8 Å². The molecule has 2 rings (SSSR count). The van der Waals surface area contributed by atoms with Crippen LogP contribution in [0.3, 0.4) is 0 Å². The molecule has 1 aromatic heterocycles. The molecule has 1 aromatic carbocycles. The fourth-order valence-electron chi connectivity index (χ4n) is 1.64. The summed E-state index contributed by atoms with van der Waals surface area (Å²) in [6, 6.07) is 4.36. The number of halogens is 4. The van der Waals surface area contributed by atoms with Crippen LogP contribution in [0, 0.1) is 0 Å². The van der Waals surface area contributed by atoms with Crippen molar-refractivity contribution in [1.82, 2.24) is 4.98 Å². The lowest BCUT2D eigenvalue weighted by atomic mass is 10.1. The Morgan fingerprint density at radius 1 is 1.24 bits per heavy atom. The maximum Gasteiger partial charge on any atom is 0.308 e. The van der Waals surface area contributed by atoms with Crippen LogP contribution in [0.2, 0.25) is 15.2 Å². The van der Waals surface area contributed by atoms with E-state index >= 15 is 0 Å². The molecule has 2 aromatic rings. The topological polar surface area (TPSA) is 59.2 Å². The molecule has 0 radical (unpaired) electrons. The first-order valence-electron chi connectivity index (χ1n) is 5.56. The highest BCUT2D eigenvalue weighted by atomic mass is 79.9. The van der Waals surface area contributed by atoms with Crippen molar-refractivity contribution in [3.63, 3.8) is 0 Å². The van der Waals surface area contributed by atoms with Crippen LogP contribution in [0.4, 0.5) is 0 Å². The molecule has 0 saturated heterocycles. The van der Waals surface area contributed by atoms with E-state index in [0.717, 1.165) is 0 Å². The van der Waals surface area contributed by atoms with Crippen molar-refractivity contribution in [2.45, 2.75) is 6.92 Å². The molecular weight excluding hydrogens is 404 g/mol. The molecule has 0 amide bonds. The quantitative estimate of drug-likeness (QED) is 0.444. The first-order valence-corrected chi connectivity index (χ1v) is 7.49. The van der Waals surface area contributed by atoms with Gasteiger partial charge in [-0.2, -0.15) is 0 Å². The number of H-pyrrole nitrogens is 1. The van der Waals surface area contributed by atoms with Gasteiger partial charge in [0.2, 0.25) is 5.78 Å². The number of hydrogen-bond donors (Lipinski definition) is 1. The van der Waals surface area contributed by atoms with Gasteiger partial charge in [-0.3, -0.25) is 9.59 Å². The summed E-state index contributed by atoms with van der Waals surface area (Å²) >= 11 is 20.8. The number of nitrogens with one attached hydrogen (secondary N) is 1. The predicted molar refractivity (Wildman–Crippen MR) is 84.7 cm³/mol. The summed E-state index contributed by atoms with van der Waals surface area (Å²) < 4.78 is 5.33. The highest BCUT2D eigenvalue weighted by molar-refractivity contribution is 9.10. The molecule has 0 fully saturated rings. The Morgan fingerprint density at radius 3 is 2.43 bits per heavy atom. The third-order valence-corrected chi connectivity index (χ3v) is 4.52. The SMILES string of the molecule is CC(=O)Oc1ccc(Cl)cc1C(=O)c1[nH]c(Cl)c(Cl)c1Br. The molecule has 0 atom stereocenters. The van der Waals surface area contributed by atoms with Crippen LogP contribution in [0.1, 0.15) is 23.0 Å². The Hall–Kier alpha value is -1.01. The van der Waals surface area contributed by atoms with E-state index in [0.29, 0.717) is 9.50 Å². The second-order valence-electron chi connectivity index (χ2n) is 4.01. The first-order chi connectivity index (χ1) is 9.81. The second-order valence-corrected chi connectivity index (χ2v) is 5.99. The lowest BCUT2D eigenvalue weighted by molar-refractivity contribution is -0.131. The molecule has 0 unspecified atom stereocenters. The number of ketones is 1. The van der Waals surface area contributed by atoms with E-state index in [1.807, 2.05) is 0 Å². The number of carbonyl (C=O) groups is 2. The van der Waals surface area contributed by atoms with Crippen molar-refractivity contribution in [3.8, 4) is 5.75 Å². The van der Waals surface area contributed by atoms with Crippen molar-refractivity contribution in [2.75, 3.05) is 0 Å². The number of carbonyl (C=O) groups excluding carboxylic acids is 2. The van der Waals surface area contributed by atoms with Crippen molar-refractivity contribution >= 4 is 62.5 Å². The standard InChI is InChI=1S/C13H7BrCl3NO3/c1-5(19)21-8-3-2-6(15)4-7(8)12(20)11-9(14)10(16)13(17)18-11/h2-4,18H,1H3. The van der Waals surface area contributed by atoms with Gasteiger partial charge in [0.25, 0.3) is 0 Å².